The molecule has 0 saturated carbocycles. The van der Waals surface area contributed by atoms with Crippen LogP contribution in [0.3, 0.4) is 0 Å². The minimum Gasteiger partial charge on any atom is -0.464 e. The predicted octanol–water partition coefficient (Wildman–Crippen LogP) is 4.80. The van der Waals surface area contributed by atoms with Crippen LogP contribution in [0.5, 0.6) is 10.9 Å². The lowest BCUT2D eigenvalue weighted by Gasteiger charge is -2.09. The van der Waals surface area contributed by atoms with Crippen molar-refractivity contribution in [2.45, 2.75) is 12.8 Å². The number of carbonyl (C=O) groups excluding carboxylic acids is 1. The van der Waals surface area contributed by atoms with E-state index in [1.807, 2.05) is 24.3 Å². The molecule has 1 unspecified atom stereocenters. The Morgan fingerprint density at radius 2 is 2.06 bits per heavy atom. The summed E-state index contributed by atoms with van der Waals surface area (Å²) in [6.07, 6.45) is 2.30. The molecule has 0 bridgehead atoms. The Kier molecular flexibility index (Phi) is 5.74. The van der Waals surface area contributed by atoms with Gasteiger partial charge in [-0.3, -0.25) is 4.79 Å². The number of thiazole rings is 1. The minimum absolute atomic E-state index is 0.229. The maximum Gasteiger partial charge on any atom is 0.281 e. The molecular weight excluding hydrogens is 442 g/mol. The lowest BCUT2D eigenvalue weighted by atomic mass is 10.1. The monoisotopic (exact) mass is 461 g/mol. The first kappa shape index (κ1) is 21.1. The summed E-state index contributed by atoms with van der Waals surface area (Å²) < 4.78 is 17.4. The van der Waals surface area contributed by atoms with Gasteiger partial charge in [-0.1, -0.05) is 23.5 Å². The summed E-state index contributed by atoms with van der Waals surface area (Å²) in [6.45, 7) is 0.304. The van der Waals surface area contributed by atoms with Gasteiger partial charge in [0.25, 0.3) is 11.1 Å². The summed E-state index contributed by atoms with van der Waals surface area (Å²) in [4.78, 5) is 21.1. The zero-order valence-corrected chi connectivity index (χ0v) is 18.3. The van der Waals surface area contributed by atoms with Crippen LogP contribution >= 0.6 is 11.3 Å². The number of pyridine rings is 1. The van der Waals surface area contributed by atoms with Crippen LogP contribution in [-0.4, -0.2) is 28.1 Å². The summed E-state index contributed by atoms with van der Waals surface area (Å²) in [6, 6.07) is 15.9. The van der Waals surface area contributed by atoms with E-state index in [0.29, 0.717) is 39.8 Å². The Bertz CT molecular complexity index is 1390. The van der Waals surface area contributed by atoms with E-state index in [9.17, 15) is 9.90 Å². The summed E-state index contributed by atoms with van der Waals surface area (Å²) in [7, 11) is 1.41. The van der Waals surface area contributed by atoms with E-state index >= 15 is 0 Å². The second-order valence-corrected chi connectivity index (χ2v) is 8.21. The fourth-order valence-electron chi connectivity index (χ4n) is 3.37. The van der Waals surface area contributed by atoms with Gasteiger partial charge in [-0.2, -0.15) is 4.98 Å². The highest BCUT2D eigenvalue weighted by molar-refractivity contribution is 7.20. The van der Waals surface area contributed by atoms with Crippen molar-refractivity contribution < 1.29 is 23.8 Å². The van der Waals surface area contributed by atoms with Crippen LogP contribution in [0.2, 0.25) is 0 Å². The van der Waals surface area contributed by atoms with Gasteiger partial charge < -0.3 is 24.3 Å². The van der Waals surface area contributed by atoms with Crippen LogP contribution in [0.1, 0.15) is 27.8 Å². The normalized spacial score (nSPS) is 12.2. The molecule has 8 nitrogen and oxygen atoms in total. The van der Waals surface area contributed by atoms with E-state index in [4.69, 9.17) is 13.9 Å². The smallest absolute Gasteiger partial charge is 0.281 e. The Labute approximate surface area is 192 Å². The number of hydrogen-bond acceptors (Lipinski definition) is 8. The molecule has 5 aromatic rings. The second-order valence-electron chi connectivity index (χ2n) is 7.22. The van der Waals surface area contributed by atoms with Gasteiger partial charge in [-0.15, -0.1) is 0 Å². The maximum absolute atomic E-state index is 12.5. The average Bonchev–Trinajstić information content (AvgIpc) is 3.45. The van der Waals surface area contributed by atoms with Crippen molar-refractivity contribution in [2.75, 3.05) is 7.11 Å². The average molecular weight is 461 g/mol. The third kappa shape index (κ3) is 4.42. The number of nitrogens with zero attached hydrogens (tertiary/aromatic N) is 2. The number of hydrogen-bond donors (Lipinski definition) is 2. The lowest BCUT2D eigenvalue weighted by Crippen LogP contribution is -2.22. The molecule has 33 heavy (non-hydrogen) atoms. The fraction of sp³-hybridized carbons (Fsp3) is 0.125. The Morgan fingerprint density at radius 1 is 1.21 bits per heavy atom. The number of rotatable bonds is 7. The zero-order chi connectivity index (χ0) is 22.8. The van der Waals surface area contributed by atoms with Crippen LogP contribution in [0.4, 0.5) is 0 Å². The van der Waals surface area contributed by atoms with E-state index in [1.165, 1.54) is 18.4 Å². The molecule has 0 aliphatic carbocycles. The van der Waals surface area contributed by atoms with Crippen LogP contribution in [0.25, 0.3) is 21.3 Å². The number of benzene rings is 2. The van der Waals surface area contributed by atoms with Crippen molar-refractivity contribution in [3.63, 3.8) is 0 Å². The summed E-state index contributed by atoms with van der Waals surface area (Å²) in [5.74, 6) is 0.372. The fourth-order valence-corrected chi connectivity index (χ4v) is 4.16. The highest BCUT2D eigenvalue weighted by atomic mass is 32.1. The van der Waals surface area contributed by atoms with Crippen LogP contribution < -0.4 is 10.1 Å². The molecular formula is C24H19N3O5S. The highest BCUT2D eigenvalue weighted by Gasteiger charge is 2.13. The molecule has 9 heteroatoms. The molecule has 0 aliphatic heterocycles. The van der Waals surface area contributed by atoms with Gasteiger partial charge in [0.2, 0.25) is 0 Å². The van der Waals surface area contributed by atoms with E-state index in [-0.39, 0.29) is 5.91 Å². The van der Waals surface area contributed by atoms with Gasteiger partial charge in [0.1, 0.15) is 11.3 Å². The first-order valence-corrected chi connectivity index (χ1v) is 10.9. The first-order valence-electron chi connectivity index (χ1n) is 10.1. The van der Waals surface area contributed by atoms with Gasteiger partial charge in [0.05, 0.1) is 11.0 Å². The number of furan rings is 1. The van der Waals surface area contributed by atoms with Crippen molar-refractivity contribution in [2.24, 2.45) is 0 Å². The molecule has 2 aromatic carbocycles. The third-order valence-electron chi connectivity index (χ3n) is 5.10. The number of methoxy groups -OCH3 is 1. The molecule has 2 N–H and O–H groups in total. The first-order chi connectivity index (χ1) is 16.1. The predicted molar refractivity (Wildman–Crippen MR) is 123 cm³/mol. The quantitative estimate of drug-likeness (QED) is 0.335. The topological polar surface area (TPSA) is 107 Å². The van der Waals surface area contributed by atoms with E-state index in [1.54, 1.807) is 42.8 Å². The molecule has 3 aromatic heterocycles. The number of amides is 1. The number of carbonyl (C=O) groups is 1. The highest BCUT2D eigenvalue weighted by Crippen LogP contribution is 2.32. The Balaban J connectivity index is 1.26. The molecule has 0 spiro atoms. The number of aliphatic hydroxyl groups excluding tert-OH is 1. The summed E-state index contributed by atoms with van der Waals surface area (Å²) >= 11 is 1.42. The second kappa shape index (κ2) is 8.99. The molecule has 0 fully saturated rings. The molecule has 0 saturated heterocycles. The molecule has 1 amide bonds. The lowest BCUT2D eigenvalue weighted by molar-refractivity contribution is -0.0769. The van der Waals surface area contributed by atoms with Crippen molar-refractivity contribution in [1.29, 1.82) is 0 Å². The van der Waals surface area contributed by atoms with Crippen LogP contribution in [0.15, 0.2) is 71.5 Å². The number of aliphatic hydroxyl groups is 1. The summed E-state index contributed by atoms with van der Waals surface area (Å²) in [5.41, 5.74) is 3.21. The van der Waals surface area contributed by atoms with Gasteiger partial charge in [0, 0.05) is 48.0 Å². The van der Waals surface area contributed by atoms with Crippen LogP contribution in [0, 0.1) is 0 Å². The van der Waals surface area contributed by atoms with E-state index < -0.39 is 6.29 Å². The molecule has 166 valence electrons. The Morgan fingerprint density at radius 3 is 2.85 bits per heavy atom. The standard InChI is InChI=1S/C24H19N3O5S/c1-30-23(29)15-6-4-14(5-7-15)22(28)26-12-16-13-31-19-11-17(8-9-18(16)19)32-24-27-21-20(33-24)3-2-10-25-21/h2-11,13,23,29H,12H2,1H3,(H,26,28). The third-order valence-corrected chi connectivity index (χ3v) is 5.99. The van der Waals surface area contributed by atoms with Gasteiger partial charge >= 0.3 is 0 Å². The molecule has 3 heterocycles. The number of aromatic nitrogens is 2. The van der Waals surface area contributed by atoms with E-state index in [2.05, 4.69) is 15.3 Å². The molecule has 0 aliphatic rings. The largest absolute Gasteiger partial charge is 0.464 e. The zero-order valence-electron chi connectivity index (χ0n) is 17.5. The number of fused-ring (bicyclic) bond motifs is 2. The van der Waals surface area contributed by atoms with Crippen molar-refractivity contribution in [3.05, 3.63) is 83.7 Å². The van der Waals surface area contributed by atoms with Crippen molar-refractivity contribution in [3.8, 4) is 10.9 Å². The number of ether oxygens (including phenoxy) is 2. The maximum atomic E-state index is 12.5. The minimum atomic E-state index is -1.01. The van der Waals surface area contributed by atoms with Gasteiger partial charge in [-0.25, -0.2) is 4.98 Å². The molecule has 0 radical (unpaired) electrons. The molecule has 1 atom stereocenters. The number of nitrogens with one attached hydrogen (secondary N) is 1. The summed E-state index contributed by atoms with van der Waals surface area (Å²) in [5, 5.41) is 13.9. The SMILES string of the molecule is COC(O)c1ccc(C(=O)NCc2coc3cc(Oc4nc5ncccc5s4)ccc23)cc1. The van der Waals surface area contributed by atoms with Crippen LogP contribution in [-0.2, 0) is 11.3 Å². The Hall–Kier alpha value is -3.79. The van der Waals surface area contributed by atoms with Gasteiger partial charge in [0.15, 0.2) is 11.9 Å². The van der Waals surface area contributed by atoms with Crippen molar-refractivity contribution >= 4 is 38.6 Å². The van der Waals surface area contributed by atoms with Crippen molar-refractivity contribution in [1.82, 2.24) is 15.3 Å². The molecule has 5 rings (SSSR count). The van der Waals surface area contributed by atoms with Gasteiger partial charge in [-0.05, 0) is 36.4 Å². The van der Waals surface area contributed by atoms with E-state index in [0.717, 1.165) is 15.6 Å².